The molecule has 1 atom stereocenters. The van der Waals surface area contributed by atoms with E-state index in [0.29, 0.717) is 11.6 Å². The number of hydrogen-bond donors (Lipinski definition) is 1. The number of carbonyl (C=O) groups excluding carboxylic acids is 1. The van der Waals surface area contributed by atoms with Gasteiger partial charge in [0.2, 0.25) is 5.95 Å². The zero-order valence-electron chi connectivity index (χ0n) is 8.67. The van der Waals surface area contributed by atoms with Gasteiger partial charge in [0.1, 0.15) is 6.04 Å². The van der Waals surface area contributed by atoms with Crippen molar-refractivity contribution in [3.8, 4) is 0 Å². The minimum absolute atomic E-state index is 0.117. The van der Waals surface area contributed by atoms with Crippen molar-refractivity contribution in [1.29, 1.82) is 0 Å². The molecule has 0 unspecified atom stereocenters. The molecular formula is C10H9FN2O3S. The maximum atomic E-state index is 12.9. The molecule has 2 heterocycles. The number of carboxylic acid groups (broad SMARTS) is 1. The summed E-state index contributed by atoms with van der Waals surface area (Å²) < 4.78 is 12.9. The van der Waals surface area contributed by atoms with Crippen molar-refractivity contribution in [3.63, 3.8) is 0 Å². The summed E-state index contributed by atoms with van der Waals surface area (Å²) in [5, 5.41) is 8.94. The van der Waals surface area contributed by atoms with Crippen LogP contribution in [-0.4, -0.2) is 44.5 Å². The van der Waals surface area contributed by atoms with E-state index in [4.69, 9.17) is 5.11 Å². The Kier molecular flexibility index (Phi) is 3.28. The fraction of sp³-hybridized carbons (Fsp3) is 0.300. The van der Waals surface area contributed by atoms with E-state index in [2.05, 4.69) is 4.98 Å². The van der Waals surface area contributed by atoms with E-state index in [1.54, 1.807) is 0 Å². The number of hydrogen-bond acceptors (Lipinski definition) is 4. The average molecular weight is 256 g/mol. The lowest BCUT2D eigenvalue weighted by molar-refractivity contribution is -0.140. The third-order valence-electron chi connectivity index (χ3n) is 2.40. The molecule has 5 nitrogen and oxygen atoms in total. The second kappa shape index (κ2) is 4.70. The fourth-order valence-corrected chi connectivity index (χ4v) is 2.69. The molecule has 0 spiro atoms. The molecule has 0 bridgehead atoms. The van der Waals surface area contributed by atoms with Crippen molar-refractivity contribution in [2.75, 3.05) is 11.6 Å². The lowest BCUT2D eigenvalue weighted by Gasteiger charge is -2.20. The summed E-state index contributed by atoms with van der Waals surface area (Å²) in [6.45, 7) is 0. The summed E-state index contributed by atoms with van der Waals surface area (Å²) >= 11 is 1.36. The third kappa shape index (κ3) is 2.38. The maximum absolute atomic E-state index is 12.9. The number of pyridine rings is 1. The quantitative estimate of drug-likeness (QED) is 0.793. The number of amides is 1. The molecule has 17 heavy (non-hydrogen) atoms. The number of nitrogens with zero attached hydrogens (tertiary/aromatic N) is 2. The Morgan fingerprint density at radius 1 is 1.59 bits per heavy atom. The first-order valence-electron chi connectivity index (χ1n) is 4.82. The van der Waals surface area contributed by atoms with E-state index in [0.717, 1.165) is 6.07 Å². The van der Waals surface area contributed by atoms with Gasteiger partial charge in [-0.25, -0.2) is 9.78 Å². The van der Waals surface area contributed by atoms with Crippen LogP contribution in [-0.2, 0) is 4.79 Å². The summed E-state index contributed by atoms with van der Waals surface area (Å²) in [5.74, 6) is -1.62. The van der Waals surface area contributed by atoms with Crippen molar-refractivity contribution in [3.05, 3.63) is 29.8 Å². The second-order valence-electron chi connectivity index (χ2n) is 3.50. The van der Waals surface area contributed by atoms with Crippen LogP contribution in [0, 0.1) is 5.95 Å². The van der Waals surface area contributed by atoms with Crippen LogP contribution in [0.15, 0.2) is 18.3 Å². The highest BCUT2D eigenvalue weighted by Gasteiger charge is 2.35. The monoisotopic (exact) mass is 256 g/mol. The minimum Gasteiger partial charge on any atom is -0.480 e. The molecule has 1 aromatic heterocycles. The number of rotatable bonds is 2. The van der Waals surface area contributed by atoms with Gasteiger partial charge in [0, 0.05) is 23.6 Å². The van der Waals surface area contributed by atoms with E-state index < -0.39 is 23.9 Å². The number of thioether (sulfide) groups is 1. The zero-order valence-corrected chi connectivity index (χ0v) is 9.48. The van der Waals surface area contributed by atoms with Crippen LogP contribution in [0.5, 0.6) is 0 Å². The summed E-state index contributed by atoms with van der Waals surface area (Å²) in [7, 11) is 0. The van der Waals surface area contributed by atoms with Crippen LogP contribution in [0.25, 0.3) is 0 Å². The lowest BCUT2D eigenvalue weighted by Crippen LogP contribution is -2.41. The molecule has 90 valence electrons. The number of carboxylic acids is 1. The maximum Gasteiger partial charge on any atom is 0.327 e. The Labute approximate surface area is 101 Å². The Bertz CT molecular complexity index is 469. The van der Waals surface area contributed by atoms with Gasteiger partial charge >= 0.3 is 5.97 Å². The Balaban J connectivity index is 2.23. The van der Waals surface area contributed by atoms with Gasteiger partial charge in [0.15, 0.2) is 0 Å². The minimum atomic E-state index is -1.04. The molecule has 1 aliphatic heterocycles. The van der Waals surface area contributed by atoms with E-state index in [1.165, 1.54) is 28.9 Å². The molecule has 1 saturated heterocycles. The third-order valence-corrected chi connectivity index (χ3v) is 3.41. The van der Waals surface area contributed by atoms with Crippen molar-refractivity contribution >= 4 is 23.6 Å². The van der Waals surface area contributed by atoms with Gasteiger partial charge in [0.25, 0.3) is 5.91 Å². The number of aliphatic carboxylic acids is 1. The van der Waals surface area contributed by atoms with Crippen LogP contribution in [0.4, 0.5) is 4.39 Å². The van der Waals surface area contributed by atoms with Crippen LogP contribution in [0.3, 0.4) is 0 Å². The molecule has 0 radical (unpaired) electrons. The van der Waals surface area contributed by atoms with Crippen molar-refractivity contribution in [2.24, 2.45) is 0 Å². The van der Waals surface area contributed by atoms with Crippen LogP contribution in [0.2, 0.25) is 0 Å². The molecule has 0 saturated carbocycles. The zero-order chi connectivity index (χ0) is 12.4. The average Bonchev–Trinajstić information content (AvgIpc) is 2.77. The lowest BCUT2D eigenvalue weighted by atomic mass is 10.2. The predicted molar refractivity (Wildman–Crippen MR) is 59.1 cm³/mol. The first-order chi connectivity index (χ1) is 8.09. The van der Waals surface area contributed by atoms with Gasteiger partial charge in [-0.3, -0.25) is 4.79 Å². The Hall–Kier alpha value is -1.63. The molecular weight excluding hydrogens is 247 g/mol. The highest BCUT2D eigenvalue weighted by molar-refractivity contribution is 7.99. The smallest absolute Gasteiger partial charge is 0.327 e. The van der Waals surface area contributed by atoms with Gasteiger partial charge in [-0.15, -0.1) is 11.8 Å². The highest BCUT2D eigenvalue weighted by atomic mass is 32.2. The molecule has 0 aromatic carbocycles. The standard InChI is InChI=1S/C10H9FN2O3S/c11-8-3-6(1-2-12-8)9(14)13-5-17-4-7(13)10(15)16/h1-3,7H,4-5H2,(H,15,16)/t7-/m0/s1. The van der Waals surface area contributed by atoms with E-state index in [1.807, 2.05) is 0 Å². The van der Waals surface area contributed by atoms with E-state index >= 15 is 0 Å². The largest absolute Gasteiger partial charge is 0.480 e. The number of halogens is 1. The van der Waals surface area contributed by atoms with Crippen LogP contribution < -0.4 is 0 Å². The van der Waals surface area contributed by atoms with E-state index in [9.17, 15) is 14.0 Å². The summed E-state index contributed by atoms with van der Waals surface area (Å²) in [4.78, 5) is 27.5. The van der Waals surface area contributed by atoms with E-state index in [-0.39, 0.29) is 5.56 Å². The Morgan fingerprint density at radius 3 is 3.00 bits per heavy atom. The summed E-state index contributed by atoms with van der Waals surface area (Å²) in [6, 6.07) is 1.53. The van der Waals surface area contributed by atoms with Crippen molar-refractivity contribution in [1.82, 2.24) is 9.88 Å². The molecule has 7 heteroatoms. The highest BCUT2D eigenvalue weighted by Crippen LogP contribution is 2.23. The van der Waals surface area contributed by atoms with Crippen molar-refractivity contribution in [2.45, 2.75) is 6.04 Å². The fourth-order valence-electron chi connectivity index (χ4n) is 1.55. The van der Waals surface area contributed by atoms with Crippen molar-refractivity contribution < 1.29 is 19.1 Å². The number of aromatic nitrogens is 1. The van der Waals surface area contributed by atoms with Gasteiger partial charge in [-0.1, -0.05) is 0 Å². The molecule has 1 amide bonds. The first-order valence-corrected chi connectivity index (χ1v) is 5.98. The van der Waals surface area contributed by atoms with Gasteiger partial charge < -0.3 is 10.0 Å². The van der Waals surface area contributed by atoms with Gasteiger partial charge in [-0.2, -0.15) is 4.39 Å². The molecule has 1 fully saturated rings. The summed E-state index contributed by atoms with van der Waals surface area (Å²) in [5.41, 5.74) is 0.117. The topological polar surface area (TPSA) is 70.5 Å². The molecule has 0 aliphatic carbocycles. The predicted octanol–water partition coefficient (Wildman–Crippen LogP) is 0.820. The SMILES string of the molecule is O=C(O)[C@@H]1CSCN1C(=O)c1ccnc(F)c1. The van der Waals surface area contributed by atoms with Crippen LogP contribution >= 0.6 is 11.8 Å². The molecule has 1 aliphatic rings. The molecule has 1 aromatic rings. The normalized spacial score (nSPS) is 19.4. The van der Waals surface area contributed by atoms with Gasteiger partial charge in [-0.05, 0) is 6.07 Å². The first kappa shape index (κ1) is 11.8. The Morgan fingerprint density at radius 2 is 2.35 bits per heavy atom. The summed E-state index contributed by atoms with van der Waals surface area (Å²) in [6.07, 6.45) is 1.18. The van der Waals surface area contributed by atoms with Crippen LogP contribution in [0.1, 0.15) is 10.4 Å². The number of carbonyl (C=O) groups is 2. The van der Waals surface area contributed by atoms with Gasteiger partial charge in [0.05, 0.1) is 5.88 Å². The molecule has 1 N–H and O–H groups in total. The second-order valence-corrected chi connectivity index (χ2v) is 4.50. The molecule has 2 rings (SSSR count).